The van der Waals surface area contributed by atoms with Gasteiger partial charge in [0.25, 0.3) is 0 Å². The number of methoxy groups -OCH3 is 2. The van der Waals surface area contributed by atoms with Crippen molar-refractivity contribution >= 4 is 11.9 Å². The maximum Gasteiger partial charge on any atom is 0.189 e. The molecule has 0 saturated carbocycles. The van der Waals surface area contributed by atoms with Crippen LogP contribution in [0, 0.1) is 6.92 Å². The lowest BCUT2D eigenvalue weighted by Gasteiger charge is -2.09. The van der Waals surface area contributed by atoms with Gasteiger partial charge in [0.05, 0.1) is 14.2 Å². The molecule has 0 heterocycles. The van der Waals surface area contributed by atoms with E-state index in [4.69, 9.17) is 9.47 Å². The molecule has 23 heavy (non-hydrogen) atoms. The number of hydrogen-bond donors (Lipinski definition) is 1. The summed E-state index contributed by atoms with van der Waals surface area (Å²) in [6.07, 6.45) is 1.78. The molecular formula is C19H20O4. The molecule has 2 rings (SSSR count). The SMILES string of the molecule is COc1ccc(/C=C(\C)C(=O)c2ccc(O)cc2C)c(OC)c1. The summed E-state index contributed by atoms with van der Waals surface area (Å²) in [4.78, 5) is 12.6. The van der Waals surface area contributed by atoms with Crippen molar-refractivity contribution in [2.45, 2.75) is 13.8 Å². The van der Waals surface area contributed by atoms with Gasteiger partial charge in [-0.05, 0) is 61.4 Å². The van der Waals surface area contributed by atoms with Crippen molar-refractivity contribution in [3.63, 3.8) is 0 Å². The lowest BCUT2D eigenvalue weighted by molar-refractivity contribution is 0.103. The molecule has 0 amide bonds. The van der Waals surface area contributed by atoms with Crippen LogP contribution < -0.4 is 9.47 Å². The quantitative estimate of drug-likeness (QED) is 0.669. The van der Waals surface area contributed by atoms with Gasteiger partial charge in [0.2, 0.25) is 0 Å². The number of rotatable bonds is 5. The molecule has 0 bridgehead atoms. The second-order valence-corrected chi connectivity index (χ2v) is 5.26. The molecular weight excluding hydrogens is 292 g/mol. The Bertz CT molecular complexity index is 760. The first-order chi connectivity index (χ1) is 11.0. The summed E-state index contributed by atoms with van der Waals surface area (Å²) in [7, 11) is 3.17. The van der Waals surface area contributed by atoms with Crippen molar-refractivity contribution in [1.82, 2.24) is 0 Å². The Morgan fingerprint density at radius 3 is 2.43 bits per heavy atom. The van der Waals surface area contributed by atoms with E-state index in [-0.39, 0.29) is 11.5 Å². The fourth-order valence-electron chi connectivity index (χ4n) is 2.35. The first-order valence-corrected chi connectivity index (χ1v) is 7.21. The van der Waals surface area contributed by atoms with Gasteiger partial charge in [0.15, 0.2) is 5.78 Å². The van der Waals surface area contributed by atoms with E-state index in [1.807, 2.05) is 12.1 Å². The van der Waals surface area contributed by atoms with Crippen LogP contribution in [0.5, 0.6) is 17.2 Å². The van der Waals surface area contributed by atoms with E-state index < -0.39 is 0 Å². The molecule has 0 radical (unpaired) electrons. The Hall–Kier alpha value is -2.75. The highest BCUT2D eigenvalue weighted by atomic mass is 16.5. The molecule has 0 aromatic heterocycles. The standard InChI is InChI=1S/C19H20O4/c1-12-10-15(20)6-8-17(12)19(21)13(2)9-14-5-7-16(22-3)11-18(14)23-4/h5-11,20H,1-4H3/b13-9+. The molecule has 0 aliphatic carbocycles. The summed E-state index contributed by atoms with van der Waals surface area (Å²) in [5, 5.41) is 9.46. The molecule has 120 valence electrons. The minimum Gasteiger partial charge on any atom is -0.508 e. The molecule has 2 aromatic carbocycles. The van der Waals surface area contributed by atoms with E-state index in [0.717, 1.165) is 11.1 Å². The molecule has 0 saturated heterocycles. The molecule has 0 spiro atoms. The number of carbonyl (C=O) groups excluding carboxylic acids is 1. The Labute approximate surface area is 136 Å². The number of ketones is 1. The van der Waals surface area contributed by atoms with E-state index >= 15 is 0 Å². The maximum absolute atomic E-state index is 12.6. The number of aryl methyl sites for hydroxylation is 1. The number of ether oxygens (including phenoxy) is 2. The van der Waals surface area contributed by atoms with Crippen LogP contribution in [-0.4, -0.2) is 25.1 Å². The maximum atomic E-state index is 12.6. The predicted octanol–water partition coefficient (Wildman–Crippen LogP) is 4.00. The second kappa shape index (κ2) is 7.01. The lowest BCUT2D eigenvalue weighted by Crippen LogP contribution is -2.03. The summed E-state index contributed by atoms with van der Waals surface area (Å²) in [5.74, 6) is 1.40. The second-order valence-electron chi connectivity index (χ2n) is 5.26. The molecule has 0 unspecified atom stereocenters. The monoisotopic (exact) mass is 312 g/mol. The van der Waals surface area contributed by atoms with E-state index in [0.29, 0.717) is 22.6 Å². The van der Waals surface area contributed by atoms with Crippen molar-refractivity contribution in [3.8, 4) is 17.2 Å². The smallest absolute Gasteiger partial charge is 0.189 e. The fraction of sp³-hybridized carbons (Fsp3) is 0.211. The summed E-state index contributed by atoms with van der Waals surface area (Å²) >= 11 is 0. The summed E-state index contributed by atoms with van der Waals surface area (Å²) in [6.45, 7) is 3.56. The van der Waals surface area contributed by atoms with Gasteiger partial charge in [-0.3, -0.25) is 4.79 Å². The predicted molar refractivity (Wildman–Crippen MR) is 90.4 cm³/mol. The third-order valence-electron chi connectivity index (χ3n) is 3.63. The van der Waals surface area contributed by atoms with Crippen LogP contribution in [0.4, 0.5) is 0 Å². The molecule has 1 N–H and O–H groups in total. The van der Waals surface area contributed by atoms with Gasteiger partial charge in [-0.2, -0.15) is 0 Å². The molecule has 4 heteroatoms. The highest BCUT2D eigenvalue weighted by Gasteiger charge is 2.13. The number of phenols is 1. The van der Waals surface area contributed by atoms with Crippen LogP contribution in [0.3, 0.4) is 0 Å². The van der Waals surface area contributed by atoms with Gasteiger partial charge in [0.1, 0.15) is 17.2 Å². The number of hydrogen-bond acceptors (Lipinski definition) is 4. The molecule has 4 nitrogen and oxygen atoms in total. The van der Waals surface area contributed by atoms with Crippen LogP contribution in [0.15, 0.2) is 42.0 Å². The van der Waals surface area contributed by atoms with Crippen LogP contribution in [0.25, 0.3) is 6.08 Å². The molecule has 0 atom stereocenters. The van der Waals surface area contributed by atoms with E-state index in [9.17, 15) is 9.90 Å². The van der Waals surface area contributed by atoms with Gasteiger partial charge >= 0.3 is 0 Å². The van der Waals surface area contributed by atoms with Gasteiger partial charge < -0.3 is 14.6 Å². The van der Waals surface area contributed by atoms with Crippen molar-refractivity contribution < 1.29 is 19.4 Å². The molecule has 0 fully saturated rings. The van der Waals surface area contributed by atoms with Crippen LogP contribution in [0.2, 0.25) is 0 Å². The Morgan fingerprint density at radius 2 is 1.83 bits per heavy atom. The van der Waals surface area contributed by atoms with Gasteiger partial charge in [-0.25, -0.2) is 0 Å². The number of carbonyl (C=O) groups is 1. The van der Waals surface area contributed by atoms with Crippen molar-refractivity contribution in [2.75, 3.05) is 14.2 Å². The largest absolute Gasteiger partial charge is 0.508 e. The number of phenolic OH excluding ortho intramolecular Hbond substituents is 1. The number of Topliss-reactive ketones (excluding diaryl/α,β-unsaturated/α-hetero) is 1. The van der Waals surface area contributed by atoms with Gasteiger partial charge in [0, 0.05) is 17.2 Å². The van der Waals surface area contributed by atoms with Gasteiger partial charge in [-0.1, -0.05) is 0 Å². The molecule has 0 aliphatic rings. The zero-order chi connectivity index (χ0) is 17.0. The lowest BCUT2D eigenvalue weighted by atomic mass is 9.98. The number of aromatic hydroxyl groups is 1. The van der Waals surface area contributed by atoms with Crippen molar-refractivity contribution in [3.05, 3.63) is 58.7 Å². The van der Waals surface area contributed by atoms with Crippen LogP contribution in [-0.2, 0) is 0 Å². The van der Waals surface area contributed by atoms with Gasteiger partial charge in [-0.15, -0.1) is 0 Å². The zero-order valence-corrected chi connectivity index (χ0v) is 13.7. The first kappa shape index (κ1) is 16.6. The number of benzene rings is 2. The third-order valence-corrected chi connectivity index (χ3v) is 3.63. The summed E-state index contributed by atoms with van der Waals surface area (Å²) in [6, 6.07) is 10.2. The van der Waals surface area contributed by atoms with E-state index in [2.05, 4.69) is 0 Å². The minimum absolute atomic E-state index is 0.0830. The minimum atomic E-state index is -0.0830. The van der Waals surface area contributed by atoms with Crippen molar-refractivity contribution in [1.29, 1.82) is 0 Å². The highest BCUT2D eigenvalue weighted by Crippen LogP contribution is 2.27. The average Bonchev–Trinajstić information content (AvgIpc) is 2.54. The van der Waals surface area contributed by atoms with E-state index in [1.165, 1.54) is 6.07 Å². The average molecular weight is 312 g/mol. The fourth-order valence-corrected chi connectivity index (χ4v) is 2.35. The van der Waals surface area contributed by atoms with E-state index in [1.54, 1.807) is 52.3 Å². The topological polar surface area (TPSA) is 55.8 Å². The Morgan fingerprint density at radius 1 is 1.09 bits per heavy atom. The summed E-state index contributed by atoms with van der Waals surface area (Å²) < 4.78 is 10.5. The van der Waals surface area contributed by atoms with Crippen molar-refractivity contribution in [2.24, 2.45) is 0 Å². The normalized spacial score (nSPS) is 11.2. The molecule has 2 aromatic rings. The highest BCUT2D eigenvalue weighted by molar-refractivity contribution is 6.11. The Kier molecular flexibility index (Phi) is 5.06. The third kappa shape index (κ3) is 3.72. The van der Waals surface area contributed by atoms with Crippen LogP contribution in [0.1, 0.15) is 28.4 Å². The first-order valence-electron chi connectivity index (χ1n) is 7.21. The molecule has 0 aliphatic heterocycles. The zero-order valence-electron chi connectivity index (χ0n) is 13.7. The Balaban J connectivity index is 2.37. The van der Waals surface area contributed by atoms with Crippen LogP contribution >= 0.6 is 0 Å². The number of allylic oxidation sites excluding steroid dienone is 1. The summed E-state index contributed by atoms with van der Waals surface area (Å²) in [5.41, 5.74) is 2.70.